The molecule has 25 heavy (non-hydrogen) atoms. The summed E-state index contributed by atoms with van der Waals surface area (Å²) in [5, 5.41) is 11.1. The Balaban J connectivity index is 1.48. The highest BCUT2D eigenvalue weighted by Gasteiger charge is 2.24. The first-order valence-corrected chi connectivity index (χ1v) is 8.34. The van der Waals surface area contributed by atoms with Gasteiger partial charge >= 0.3 is 0 Å². The number of benzene rings is 2. The second-order valence-corrected chi connectivity index (χ2v) is 6.08. The van der Waals surface area contributed by atoms with Crippen molar-refractivity contribution in [2.24, 2.45) is 0 Å². The van der Waals surface area contributed by atoms with Crippen molar-refractivity contribution in [3.63, 3.8) is 0 Å². The third kappa shape index (κ3) is 3.29. The van der Waals surface area contributed by atoms with E-state index < -0.39 is 0 Å². The fourth-order valence-corrected chi connectivity index (χ4v) is 3.14. The van der Waals surface area contributed by atoms with Crippen LogP contribution in [-0.2, 0) is 0 Å². The highest BCUT2D eigenvalue weighted by atomic mass is 16.2. The average Bonchev–Trinajstić information content (AvgIpc) is 3.23. The molecule has 1 atom stereocenters. The standard InChI is InChI=1S/C19H19N5O/c25-19(16-6-8-17(9-7-16)24-13-21-22-14-24)23-11-10-20-18(12-23)15-4-2-1-3-5-15/h1-9,13-14,18,20H,10-12H2/t18-/m1/s1. The van der Waals surface area contributed by atoms with E-state index in [1.165, 1.54) is 5.56 Å². The number of aromatic nitrogens is 3. The van der Waals surface area contributed by atoms with Gasteiger partial charge in [0, 0.05) is 36.9 Å². The zero-order valence-electron chi connectivity index (χ0n) is 13.7. The molecule has 1 amide bonds. The summed E-state index contributed by atoms with van der Waals surface area (Å²) in [4.78, 5) is 14.8. The van der Waals surface area contributed by atoms with Gasteiger partial charge in [0.2, 0.25) is 0 Å². The van der Waals surface area contributed by atoms with Gasteiger partial charge in [0.05, 0.1) is 0 Å². The lowest BCUT2D eigenvalue weighted by Gasteiger charge is -2.34. The Bertz CT molecular complexity index is 830. The molecule has 0 unspecified atom stereocenters. The van der Waals surface area contributed by atoms with Crippen LogP contribution in [0.25, 0.3) is 5.69 Å². The molecule has 0 radical (unpaired) electrons. The first-order chi connectivity index (χ1) is 12.3. The van der Waals surface area contributed by atoms with Gasteiger partial charge in [0.25, 0.3) is 5.91 Å². The van der Waals surface area contributed by atoms with Crippen LogP contribution in [-0.4, -0.2) is 45.2 Å². The van der Waals surface area contributed by atoms with Crippen molar-refractivity contribution in [3.05, 3.63) is 78.4 Å². The lowest BCUT2D eigenvalue weighted by Crippen LogP contribution is -2.48. The van der Waals surface area contributed by atoms with Gasteiger partial charge in [-0.2, -0.15) is 0 Å². The summed E-state index contributed by atoms with van der Waals surface area (Å²) in [6, 6.07) is 18.0. The van der Waals surface area contributed by atoms with Gasteiger partial charge in [-0.3, -0.25) is 9.36 Å². The Labute approximate surface area is 146 Å². The summed E-state index contributed by atoms with van der Waals surface area (Å²) in [6.07, 6.45) is 3.27. The molecule has 0 spiro atoms. The highest BCUT2D eigenvalue weighted by molar-refractivity contribution is 5.94. The molecule has 3 aromatic rings. The van der Waals surface area contributed by atoms with E-state index in [0.29, 0.717) is 12.1 Å². The molecule has 2 heterocycles. The van der Waals surface area contributed by atoms with Crippen LogP contribution in [0.15, 0.2) is 67.3 Å². The molecule has 1 saturated heterocycles. The van der Waals surface area contributed by atoms with Gasteiger partial charge in [-0.1, -0.05) is 30.3 Å². The van der Waals surface area contributed by atoms with E-state index in [2.05, 4.69) is 27.6 Å². The van der Waals surface area contributed by atoms with Crippen molar-refractivity contribution >= 4 is 5.91 Å². The Kier molecular flexibility index (Phi) is 4.26. The number of amides is 1. The third-order valence-corrected chi connectivity index (χ3v) is 4.50. The topological polar surface area (TPSA) is 63.1 Å². The number of nitrogens with one attached hydrogen (secondary N) is 1. The quantitative estimate of drug-likeness (QED) is 0.797. The van der Waals surface area contributed by atoms with Crippen LogP contribution in [0, 0.1) is 0 Å². The van der Waals surface area contributed by atoms with E-state index in [0.717, 1.165) is 18.8 Å². The lowest BCUT2D eigenvalue weighted by atomic mass is 10.0. The number of nitrogens with zero attached hydrogens (tertiary/aromatic N) is 4. The van der Waals surface area contributed by atoms with E-state index in [1.807, 2.05) is 51.9 Å². The minimum absolute atomic E-state index is 0.0673. The van der Waals surface area contributed by atoms with Gasteiger partial charge < -0.3 is 10.2 Å². The first-order valence-electron chi connectivity index (χ1n) is 8.34. The summed E-state index contributed by atoms with van der Waals surface area (Å²) in [5.74, 6) is 0.0673. The van der Waals surface area contributed by atoms with Gasteiger partial charge in [0.15, 0.2) is 0 Å². The zero-order valence-corrected chi connectivity index (χ0v) is 13.7. The maximum Gasteiger partial charge on any atom is 0.253 e. The zero-order chi connectivity index (χ0) is 17.1. The van der Waals surface area contributed by atoms with E-state index in [4.69, 9.17) is 0 Å². The smallest absolute Gasteiger partial charge is 0.253 e. The van der Waals surface area contributed by atoms with Crippen molar-refractivity contribution in [1.29, 1.82) is 0 Å². The van der Waals surface area contributed by atoms with Gasteiger partial charge in [-0.25, -0.2) is 0 Å². The Hall–Kier alpha value is -2.99. The Morgan fingerprint density at radius 1 is 1.00 bits per heavy atom. The van der Waals surface area contributed by atoms with E-state index >= 15 is 0 Å². The summed E-state index contributed by atoms with van der Waals surface area (Å²) in [6.45, 7) is 2.19. The fourth-order valence-electron chi connectivity index (χ4n) is 3.14. The van der Waals surface area contributed by atoms with Crippen LogP contribution >= 0.6 is 0 Å². The van der Waals surface area contributed by atoms with Crippen molar-refractivity contribution in [3.8, 4) is 5.69 Å². The molecule has 2 aromatic carbocycles. The van der Waals surface area contributed by atoms with Gasteiger partial charge in [-0.05, 0) is 29.8 Å². The molecule has 6 nitrogen and oxygen atoms in total. The highest BCUT2D eigenvalue weighted by Crippen LogP contribution is 2.19. The molecule has 1 aliphatic rings. The molecule has 0 bridgehead atoms. The van der Waals surface area contributed by atoms with Crippen LogP contribution < -0.4 is 5.32 Å². The van der Waals surface area contributed by atoms with Crippen molar-refractivity contribution in [1.82, 2.24) is 25.0 Å². The summed E-state index contributed by atoms with van der Waals surface area (Å²) < 4.78 is 1.81. The van der Waals surface area contributed by atoms with Crippen LogP contribution in [0.3, 0.4) is 0 Å². The number of hydrogen-bond acceptors (Lipinski definition) is 4. The van der Waals surface area contributed by atoms with Gasteiger partial charge in [0.1, 0.15) is 12.7 Å². The molecule has 1 N–H and O–H groups in total. The maximum absolute atomic E-state index is 12.8. The minimum Gasteiger partial charge on any atom is -0.335 e. The molecule has 1 aromatic heterocycles. The predicted molar refractivity (Wildman–Crippen MR) is 94.4 cm³/mol. The first kappa shape index (κ1) is 15.5. The molecule has 126 valence electrons. The normalized spacial score (nSPS) is 17.4. The summed E-state index contributed by atoms with van der Waals surface area (Å²) in [7, 11) is 0. The molecule has 1 fully saturated rings. The van der Waals surface area contributed by atoms with Crippen molar-refractivity contribution in [2.75, 3.05) is 19.6 Å². The van der Waals surface area contributed by atoms with Gasteiger partial charge in [-0.15, -0.1) is 10.2 Å². The second-order valence-electron chi connectivity index (χ2n) is 6.08. The van der Waals surface area contributed by atoms with E-state index in [1.54, 1.807) is 12.7 Å². The number of carbonyl (C=O) groups is 1. The summed E-state index contributed by atoms with van der Waals surface area (Å²) >= 11 is 0. The average molecular weight is 333 g/mol. The molecule has 6 heteroatoms. The molecular formula is C19H19N5O. The van der Waals surface area contributed by atoms with Crippen molar-refractivity contribution < 1.29 is 4.79 Å². The number of rotatable bonds is 3. The molecule has 0 aliphatic carbocycles. The molecule has 0 saturated carbocycles. The van der Waals surface area contributed by atoms with Crippen LogP contribution in [0.4, 0.5) is 0 Å². The third-order valence-electron chi connectivity index (χ3n) is 4.50. The summed E-state index contributed by atoms with van der Waals surface area (Å²) in [5.41, 5.74) is 2.84. The molecular weight excluding hydrogens is 314 g/mol. The largest absolute Gasteiger partial charge is 0.335 e. The second kappa shape index (κ2) is 6.86. The van der Waals surface area contributed by atoms with Crippen LogP contribution in [0.2, 0.25) is 0 Å². The monoisotopic (exact) mass is 333 g/mol. The number of carbonyl (C=O) groups excluding carboxylic acids is 1. The van der Waals surface area contributed by atoms with E-state index in [-0.39, 0.29) is 11.9 Å². The van der Waals surface area contributed by atoms with Crippen LogP contribution in [0.5, 0.6) is 0 Å². The van der Waals surface area contributed by atoms with Crippen molar-refractivity contribution in [2.45, 2.75) is 6.04 Å². The maximum atomic E-state index is 12.8. The minimum atomic E-state index is 0.0673. The number of hydrogen-bond donors (Lipinski definition) is 1. The number of piperazine rings is 1. The molecule has 1 aliphatic heterocycles. The predicted octanol–water partition coefficient (Wildman–Crippen LogP) is 2.05. The SMILES string of the molecule is O=C(c1ccc(-n2cnnc2)cc1)N1CCN[C@@H](c2ccccc2)C1. The Morgan fingerprint density at radius 3 is 2.44 bits per heavy atom. The van der Waals surface area contributed by atoms with E-state index in [9.17, 15) is 4.79 Å². The Morgan fingerprint density at radius 2 is 1.72 bits per heavy atom. The molecule has 4 rings (SSSR count). The lowest BCUT2D eigenvalue weighted by molar-refractivity contribution is 0.0703. The fraction of sp³-hybridized carbons (Fsp3) is 0.211. The van der Waals surface area contributed by atoms with Crippen LogP contribution in [0.1, 0.15) is 22.0 Å².